The molecule has 0 saturated heterocycles. The number of aromatic nitrogens is 2. The minimum Gasteiger partial charge on any atom is -0.478 e. The number of nitrogens with zero attached hydrogens (tertiary/aromatic N) is 2. The number of benzene rings is 1. The SMILES string of the molecule is O=C(O)c1c(-c2ccccc2F)nn2c1SCCC2. The number of aromatic carboxylic acids is 1. The van der Waals surface area contributed by atoms with E-state index in [0.29, 0.717) is 11.6 Å². The molecule has 1 aromatic carbocycles. The van der Waals surface area contributed by atoms with E-state index in [1.54, 1.807) is 22.9 Å². The van der Waals surface area contributed by atoms with Crippen LogP contribution in [-0.2, 0) is 6.54 Å². The average Bonchev–Trinajstić information content (AvgIpc) is 2.78. The zero-order valence-corrected chi connectivity index (χ0v) is 10.8. The summed E-state index contributed by atoms with van der Waals surface area (Å²) in [6.07, 6.45) is 0.940. The fourth-order valence-corrected chi connectivity index (χ4v) is 3.24. The third-order valence-corrected chi connectivity index (χ3v) is 4.18. The van der Waals surface area contributed by atoms with Gasteiger partial charge in [-0.25, -0.2) is 9.18 Å². The molecule has 4 nitrogen and oxygen atoms in total. The highest BCUT2D eigenvalue weighted by molar-refractivity contribution is 7.99. The molecule has 1 N–H and O–H groups in total. The van der Waals surface area contributed by atoms with E-state index in [4.69, 9.17) is 0 Å². The molecule has 0 aliphatic carbocycles. The predicted molar refractivity (Wildman–Crippen MR) is 69.9 cm³/mol. The lowest BCUT2D eigenvalue weighted by molar-refractivity contribution is 0.0693. The van der Waals surface area contributed by atoms with Crippen molar-refractivity contribution in [2.75, 3.05) is 5.75 Å². The topological polar surface area (TPSA) is 55.1 Å². The highest BCUT2D eigenvalue weighted by Crippen LogP contribution is 2.35. The van der Waals surface area contributed by atoms with E-state index in [0.717, 1.165) is 12.2 Å². The van der Waals surface area contributed by atoms with Gasteiger partial charge in [0.15, 0.2) is 0 Å². The monoisotopic (exact) mass is 278 g/mol. The standard InChI is InChI=1S/C13H11FN2O2S/c14-9-5-2-1-4-8(9)11-10(13(17)18)12-16(15-11)6-3-7-19-12/h1-2,4-5H,3,6-7H2,(H,17,18). The summed E-state index contributed by atoms with van der Waals surface area (Å²) >= 11 is 1.46. The largest absolute Gasteiger partial charge is 0.478 e. The Morgan fingerprint density at radius 1 is 1.42 bits per heavy atom. The number of hydrogen-bond donors (Lipinski definition) is 1. The van der Waals surface area contributed by atoms with Crippen molar-refractivity contribution in [3.05, 3.63) is 35.6 Å². The lowest BCUT2D eigenvalue weighted by Gasteiger charge is -2.12. The molecular weight excluding hydrogens is 267 g/mol. The molecule has 2 aromatic rings. The van der Waals surface area contributed by atoms with Crippen molar-refractivity contribution in [1.82, 2.24) is 9.78 Å². The van der Waals surface area contributed by atoms with E-state index < -0.39 is 11.8 Å². The molecular formula is C13H11FN2O2S. The maximum atomic E-state index is 13.8. The van der Waals surface area contributed by atoms with Crippen molar-refractivity contribution >= 4 is 17.7 Å². The van der Waals surface area contributed by atoms with Gasteiger partial charge in [0.1, 0.15) is 22.1 Å². The molecule has 1 aromatic heterocycles. The van der Waals surface area contributed by atoms with Crippen LogP contribution in [0.25, 0.3) is 11.3 Å². The number of thioether (sulfide) groups is 1. The minimum atomic E-state index is -1.06. The smallest absolute Gasteiger partial charge is 0.340 e. The van der Waals surface area contributed by atoms with Gasteiger partial charge in [0, 0.05) is 17.9 Å². The predicted octanol–water partition coefficient (Wildman–Crippen LogP) is 2.88. The molecule has 0 unspecified atom stereocenters. The second kappa shape index (κ2) is 4.70. The summed E-state index contributed by atoms with van der Waals surface area (Å²) in [5.74, 6) is -0.651. The highest BCUT2D eigenvalue weighted by Gasteiger charge is 2.27. The molecule has 98 valence electrons. The third kappa shape index (κ3) is 2.02. The first-order valence-corrected chi connectivity index (χ1v) is 6.89. The Kier molecular flexibility index (Phi) is 3.02. The van der Waals surface area contributed by atoms with Crippen LogP contribution in [-0.4, -0.2) is 26.6 Å². The Hall–Kier alpha value is -1.82. The van der Waals surface area contributed by atoms with E-state index in [-0.39, 0.29) is 16.8 Å². The van der Waals surface area contributed by atoms with Crippen LogP contribution >= 0.6 is 11.8 Å². The molecule has 0 radical (unpaired) electrons. The summed E-state index contributed by atoms with van der Waals surface area (Å²) in [5.41, 5.74) is 0.562. The van der Waals surface area contributed by atoms with E-state index >= 15 is 0 Å². The maximum Gasteiger partial charge on any atom is 0.340 e. The van der Waals surface area contributed by atoms with E-state index in [1.165, 1.54) is 17.8 Å². The summed E-state index contributed by atoms with van der Waals surface area (Å²) in [7, 11) is 0. The third-order valence-electron chi connectivity index (χ3n) is 3.00. The first kappa shape index (κ1) is 12.2. The number of fused-ring (bicyclic) bond motifs is 1. The lowest BCUT2D eigenvalue weighted by atomic mass is 10.1. The van der Waals surface area contributed by atoms with Gasteiger partial charge < -0.3 is 5.11 Å². The number of halogens is 1. The molecule has 3 rings (SSSR count). The Bertz CT molecular complexity index is 654. The van der Waals surface area contributed by atoms with Crippen molar-refractivity contribution in [3.63, 3.8) is 0 Å². The van der Waals surface area contributed by atoms with Crippen LogP contribution in [0.3, 0.4) is 0 Å². The van der Waals surface area contributed by atoms with Crippen molar-refractivity contribution in [2.24, 2.45) is 0 Å². The number of hydrogen-bond acceptors (Lipinski definition) is 3. The number of carbonyl (C=O) groups is 1. The molecule has 0 spiro atoms. The molecule has 1 aliphatic heterocycles. The quantitative estimate of drug-likeness (QED) is 0.917. The molecule has 0 atom stereocenters. The number of aryl methyl sites for hydroxylation is 1. The van der Waals surface area contributed by atoms with Gasteiger partial charge in [-0.05, 0) is 18.6 Å². The Morgan fingerprint density at radius 2 is 2.21 bits per heavy atom. The summed E-state index contributed by atoms with van der Waals surface area (Å²) in [4.78, 5) is 11.5. The molecule has 19 heavy (non-hydrogen) atoms. The zero-order valence-electron chi connectivity index (χ0n) is 9.97. The van der Waals surface area contributed by atoms with Gasteiger partial charge in [0.05, 0.1) is 0 Å². The Labute approximate surface area is 113 Å². The number of carboxylic acid groups (broad SMARTS) is 1. The van der Waals surface area contributed by atoms with Gasteiger partial charge >= 0.3 is 5.97 Å². The lowest BCUT2D eigenvalue weighted by Crippen LogP contribution is -2.09. The van der Waals surface area contributed by atoms with Crippen LogP contribution < -0.4 is 0 Å². The zero-order chi connectivity index (χ0) is 13.4. The van der Waals surface area contributed by atoms with Gasteiger partial charge in [-0.1, -0.05) is 12.1 Å². The van der Waals surface area contributed by atoms with Gasteiger partial charge in [-0.2, -0.15) is 5.10 Å². The molecule has 2 heterocycles. The van der Waals surface area contributed by atoms with E-state index in [2.05, 4.69) is 5.10 Å². The molecule has 6 heteroatoms. The van der Waals surface area contributed by atoms with Crippen LogP contribution in [0.5, 0.6) is 0 Å². The molecule has 0 bridgehead atoms. The Morgan fingerprint density at radius 3 is 2.95 bits per heavy atom. The van der Waals surface area contributed by atoms with E-state index in [1.807, 2.05) is 0 Å². The number of carboxylic acids is 1. The Balaban J connectivity index is 2.24. The highest BCUT2D eigenvalue weighted by atomic mass is 32.2. The van der Waals surface area contributed by atoms with Crippen molar-refractivity contribution in [1.29, 1.82) is 0 Å². The summed E-state index contributed by atoms with van der Waals surface area (Å²) < 4.78 is 15.5. The molecule has 0 saturated carbocycles. The summed E-state index contributed by atoms with van der Waals surface area (Å²) in [6.45, 7) is 0.678. The van der Waals surface area contributed by atoms with Crippen molar-refractivity contribution in [3.8, 4) is 11.3 Å². The van der Waals surface area contributed by atoms with Crippen LogP contribution in [0.1, 0.15) is 16.8 Å². The summed E-state index contributed by atoms with van der Waals surface area (Å²) in [5, 5.41) is 14.3. The minimum absolute atomic E-state index is 0.106. The van der Waals surface area contributed by atoms with E-state index in [9.17, 15) is 14.3 Å². The van der Waals surface area contributed by atoms with Crippen LogP contribution in [0.15, 0.2) is 29.3 Å². The van der Waals surface area contributed by atoms with Crippen molar-refractivity contribution in [2.45, 2.75) is 18.0 Å². The van der Waals surface area contributed by atoms with Gasteiger partial charge in [0.25, 0.3) is 0 Å². The van der Waals surface area contributed by atoms with Gasteiger partial charge in [0.2, 0.25) is 0 Å². The van der Waals surface area contributed by atoms with Crippen LogP contribution in [0, 0.1) is 5.82 Å². The molecule has 1 aliphatic rings. The van der Waals surface area contributed by atoms with Crippen molar-refractivity contribution < 1.29 is 14.3 Å². The normalized spacial score (nSPS) is 14.2. The maximum absolute atomic E-state index is 13.8. The molecule has 0 fully saturated rings. The van der Waals surface area contributed by atoms with Gasteiger partial charge in [-0.3, -0.25) is 4.68 Å². The second-order valence-electron chi connectivity index (χ2n) is 4.24. The first-order chi connectivity index (χ1) is 9.18. The number of rotatable bonds is 2. The van der Waals surface area contributed by atoms with Crippen LogP contribution in [0.2, 0.25) is 0 Å². The fourth-order valence-electron chi connectivity index (χ4n) is 2.16. The average molecular weight is 278 g/mol. The summed E-state index contributed by atoms with van der Waals surface area (Å²) in [6, 6.07) is 6.12. The van der Waals surface area contributed by atoms with Gasteiger partial charge in [-0.15, -0.1) is 11.8 Å². The first-order valence-electron chi connectivity index (χ1n) is 5.90. The molecule has 0 amide bonds. The fraction of sp³-hybridized carbons (Fsp3) is 0.231. The van der Waals surface area contributed by atoms with Crippen LogP contribution in [0.4, 0.5) is 4.39 Å². The second-order valence-corrected chi connectivity index (χ2v) is 5.32.